The zero-order valence-electron chi connectivity index (χ0n) is 11.1. The highest BCUT2D eigenvalue weighted by Gasteiger charge is 2.17. The SMILES string of the molecule is Cc1cc(Cl)c(NS(=O)(=O)CCC(=O)O)c2cccnc12. The quantitative estimate of drug-likeness (QED) is 0.878. The van der Waals surface area contributed by atoms with Crippen LogP contribution in [-0.2, 0) is 14.8 Å². The van der Waals surface area contributed by atoms with Crippen LogP contribution in [0.1, 0.15) is 12.0 Å². The Morgan fingerprint density at radius 1 is 1.48 bits per heavy atom. The van der Waals surface area contributed by atoms with E-state index >= 15 is 0 Å². The summed E-state index contributed by atoms with van der Waals surface area (Å²) in [5.74, 6) is -1.70. The maximum absolute atomic E-state index is 11.9. The molecule has 0 atom stereocenters. The summed E-state index contributed by atoms with van der Waals surface area (Å²) in [6.07, 6.45) is 1.13. The molecule has 0 aliphatic carbocycles. The maximum atomic E-state index is 11.9. The molecule has 2 N–H and O–H groups in total. The summed E-state index contributed by atoms with van der Waals surface area (Å²) >= 11 is 6.11. The molecule has 2 rings (SSSR count). The molecule has 0 bridgehead atoms. The summed E-state index contributed by atoms with van der Waals surface area (Å²) in [5.41, 5.74) is 1.68. The van der Waals surface area contributed by atoms with Crippen molar-refractivity contribution >= 4 is 44.2 Å². The second kappa shape index (κ2) is 5.87. The van der Waals surface area contributed by atoms with Gasteiger partial charge in [-0.15, -0.1) is 0 Å². The number of benzene rings is 1. The number of fused-ring (bicyclic) bond motifs is 1. The number of rotatable bonds is 5. The standard InChI is InChI=1S/C13H13ClN2O4S/c1-8-7-10(14)13(9-3-2-5-15-12(8)9)16-21(19,20)6-4-11(17)18/h2-3,5,7,16H,4,6H2,1H3,(H,17,18). The second-order valence-corrected chi connectivity index (χ2v) is 6.76. The Morgan fingerprint density at radius 3 is 2.86 bits per heavy atom. The van der Waals surface area contributed by atoms with E-state index < -0.39 is 28.2 Å². The number of sulfonamides is 1. The van der Waals surface area contributed by atoms with Crippen LogP contribution >= 0.6 is 11.6 Å². The van der Waals surface area contributed by atoms with Crippen LogP contribution in [0, 0.1) is 6.92 Å². The zero-order chi connectivity index (χ0) is 15.6. The third-order valence-electron chi connectivity index (χ3n) is 2.87. The Labute approximate surface area is 126 Å². The van der Waals surface area contributed by atoms with Crippen LogP contribution in [0.4, 0.5) is 5.69 Å². The average molecular weight is 329 g/mol. The lowest BCUT2D eigenvalue weighted by Gasteiger charge is -2.13. The molecule has 0 saturated heterocycles. The van der Waals surface area contributed by atoms with E-state index in [9.17, 15) is 13.2 Å². The highest BCUT2D eigenvalue weighted by Crippen LogP contribution is 2.33. The minimum absolute atomic E-state index is 0.218. The highest BCUT2D eigenvalue weighted by molar-refractivity contribution is 7.92. The fraction of sp³-hybridized carbons (Fsp3) is 0.231. The number of halogens is 1. The van der Waals surface area contributed by atoms with Gasteiger partial charge in [-0.25, -0.2) is 8.42 Å². The first kappa shape index (κ1) is 15.5. The lowest BCUT2D eigenvalue weighted by Crippen LogP contribution is -2.19. The van der Waals surface area contributed by atoms with E-state index in [1.165, 1.54) is 0 Å². The van der Waals surface area contributed by atoms with Gasteiger partial charge in [-0.1, -0.05) is 11.6 Å². The Balaban J connectivity index is 2.45. The van der Waals surface area contributed by atoms with Crippen molar-refractivity contribution in [1.29, 1.82) is 0 Å². The maximum Gasteiger partial charge on any atom is 0.304 e. The van der Waals surface area contributed by atoms with E-state index in [0.717, 1.165) is 5.56 Å². The Bertz CT molecular complexity index is 805. The topological polar surface area (TPSA) is 96.4 Å². The first-order valence-electron chi connectivity index (χ1n) is 6.06. The average Bonchev–Trinajstić information content (AvgIpc) is 2.41. The molecule has 0 spiro atoms. The summed E-state index contributed by atoms with van der Waals surface area (Å²) in [6.45, 7) is 1.82. The molecule has 21 heavy (non-hydrogen) atoms. The minimum atomic E-state index is -3.80. The summed E-state index contributed by atoms with van der Waals surface area (Å²) in [4.78, 5) is 14.7. The molecule has 112 valence electrons. The van der Waals surface area contributed by atoms with Crippen LogP contribution in [0.2, 0.25) is 5.02 Å². The predicted octanol–water partition coefficient (Wildman–Crippen LogP) is 2.41. The van der Waals surface area contributed by atoms with Crippen molar-refractivity contribution in [1.82, 2.24) is 4.98 Å². The third kappa shape index (κ3) is 3.62. The van der Waals surface area contributed by atoms with E-state index in [1.807, 2.05) is 6.92 Å². The lowest BCUT2D eigenvalue weighted by molar-refractivity contribution is -0.136. The molecule has 6 nitrogen and oxygen atoms in total. The van der Waals surface area contributed by atoms with Crippen molar-refractivity contribution in [3.63, 3.8) is 0 Å². The number of anilines is 1. The number of nitrogens with zero attached hydrogens (tertiary/aromatic N) is 1. The van der Waals surface area contributed by atoms with Crippen molar-refractivity contribution in [2.45, 2.75) is 13.3 Å². The van der Waals surface area contributed by atoms with Gasteiger partial charge in [-0.2, -0.15) is 0 Å². The van der Waals surface area contributed by atoms with Crippen LogP contribution in [0.15, 0.2) is 24.4 Å². The second-order valence-electron chi connectivity index (χ2n) is 4.51. The Morgan fingerprint density at radius 2 is 2.19 bits per heavy atom. The fourth-order valence-corrected chi connectivity index (χ4v) is 3.36. The van der Waals surface area contributed by atoms with Crippen LogP contribution < -0.4 is 4.72 Å². The van der Waals surface area contributed by atoms with Crippen molar-refractivity contribution in [2.24, 2.45) is 0 Å². The summed E-state index contributed by atoms with van der Waals surface area (Å²) < 4.78 is 26.2. The summed E-state index contributed by atoms with van der Waals surface area (Å²) in [7, 11) is -3.80. The van der Waals surface area contributed by atoms with Gasteiger partial charge in [0, 0.05) is 11.6 Å². The molecule has 0 fully saturated rings. The number of aryl methyl sites for hydroxylation is 1. The number of carbonyl (C=O) groups is 1. The molecule has 0 aliphatic rings. The number of aliphatic carboxylic acids is 1. The van der Waals surface area contributed by atoms with Crippen molar-refractivity contribution in [3.05, 3.63) is 35.0 Å². The molecule has 0 radical (unpaired) electrons. The van der Waals surface area contributed by atoms with Gasteiger partial charge in [0.1, 0.15) is 0 Å². The van der Waals surface area contributed by atoms with Crippen LogP contribution in [0.3, 0.4) is 0 Å². The van der Waals surface area contributed by atoms with Gasteiger partial charge in [-0.3, -0.25) is 14.5 Å². The number of aromatic nitrogens is 1. The van der Waals surface area contributed by atoms with E-state index in [0.29, 0.717) is 10.9 Å². The Kier molecular flexibility index (Phi) is 4.34. The van der Waals surface area contributed by atoms with Crippen LogP contribution in [0.25, 0.3) is 10.9 Å². The van der Waals surface area contributed by atoms with Gasteiger partial charge in [0.25, 0.3) is 0 Å². The smallest absolute Gasteiger partial charge is 0.304 e. The molecule has 1 aromatic heterocycles. The number of carboxylic acid groups (broad SMARTS) is 1. The summed E-state index contributed by atoms with van der Waals surface area (Å²) in [6, 6.07) is 5.00. The molecule has 1 heterocycles. The normalized spacial score (nSPS) is 11.5. The minimum Gasteiger partial charge on any atom is -0.481 e. The lowest BCUT2D eigenvalue weighted by atomic mass is 10.1. The molecule has 0 unspecified atom stereocenters. The van der Waals surface area contributed by atoms with Crippen molar-refractivity contribution in [2.75, 3.05) is 10.5 Å². The number of carboxylic acids is 1. The van der Waals surface area contributed by atoms with Gasteiger partial charge in [-0.05, 0) is 30.7 Å². The van der Waals surface area contributed by atoms with Gasteiger partial charge in [0.15, 0.2) is 0 Å². The van der Waals surface area contributed by atoms with Gasteiger partial charge in [0.2, 0.25) is 10.0 Å². The highest BCUT2D eigenvalue weighted by atomic mass is 35.5. The molecular formula is C13H13ClN2O4S. The van der Waals surface area contributed by atoms with Gasteiger partial charge >= 0.3 is 5.97 Å². The predicted molar refractivity (Wildman–Crippen MR) is 81.2 cm³/mol. The zero-order valence-corrected chi connectivity index (χ0v) is 12.7. The van der Waals surface area contributed by atoms with Crippen molar-refractivity contribution < 1.29 is 18.3 Å². The van der Waals surface area contributed by atoms with E-state index in [2.05, 4.69) is 9.71 Å². The van der Waals surface area contributed by atoms with Gasteiger partial charge < -0.3 is 5.11 Å². The number of hydrogen-bond donors (Lipinski definition) is 2. The van der Waals surface area contributed by atoms with Crippen LogP contribution in [-0.4, -0.2) is 30.2 Å². The molecule has 0 amide bonds. The van der Waals surface area contributed by atoms with Crippen molar-refractivity contribution in [3.8, 4) is 0 Å². The number of pyridine rings is 1. The third-order valence-corrected chi connectivity index (χ3v) is 4.43. The van der Waals surface area contributed by atoms with Gasteiger partial charge in [0.05, 0.1) is 28.4 Å². The Hall–Kier alpha value is -1.86. The first-order chi connectivity index (χ1) is 9.80. The molecule has 2 aromatic rings. The molecule has 0 saturated carbocycles. The van der Waals surface area contributed by atoms with Crippen LogP contribution in [0.5, 0.6) is 0 Å². The van der Waals surface area contributed by atoms with E-state index in [1.54, 1.807) is 24.4 Å². The molecule has 0 aliphatic heterocycles. The number of nitrogens with one attached hydrogen (secondary N) is 1. The fourth-order valence-electron chi connectivity index (χ4n) is 1.91. The van der Waals surface area contributed by atoms with E-state index in [-0.39, 0.29) is 10.7 Å². The molecule has 8 heteroatoms. The summed E-state index contributed by atoms with van der Waals surface area (Å²) in [5, 5.41) is 9.39. The largest absolute Gasteiger partial charge is 0.481 e. The first-order valence-corrected chi connectivity index (χ1v) is 8.09. The molecule has 1 aromatic carbocycles. The van der Waals surface area contributed by atoms with E-state index in [4.69, 9.17) is 16.7 Å². The number of hydrogen-bond acceptors (Lipinski definition) is 4. The monoisotopic (exact) mass is 328 g/mol. The molecular weight excluding hydrogens is 316 g/mol.